The molecule has 6 nitrogen and oxygen atoms in total. The molecule has 126 valence electrons. The van der Waals surface area contributed by atoms with Crippen LogP contribution in [0.25, 0.3) is 0 Å². The highest BCUT2D eigenvalue weighted by Gasteiger charge is 2.38. The number of rotatable bonds is 6. The highest BCUT2D eigenvalue weighted by Crippen LogP contribution is 2.30. The Hall–Kier alpha value is -1.50. The Balaban J connectivity index is 1.44. The van der Waals surface area contributed by atoms with Gasteiger partial charge >= 0.3 is 0 Å². The van der Waals surface area contributed by atoms with Gasteiger partial charge in [-0.25, -0.2) is 0 Å². The number of aryl methyl sites for hydroxylation is 1. The van der Waals surface area contributed by atoms with Crippen LogP contribution in [0.5, 0.6) is 0 Å². The van der Waals surface area contributed by atoms with Crippen LogP contribution in [0.2, 0.25) is 0 Å². The average molecular weight is 336 g/mol. The highest BCUT2D eigenvalue weighted by molar-refractivity contribution is 7.99. The second-order valence-electron chi connectivity index (χ2n) is 6.22. The molecule has 1 aromatic heterocycles. The first-order valence-electron chi connectivity index (χ1n) is 8.39. The normalized spacial score (nSPS) is 21.7. The van der Waals surface area contributed by atoms with Crippen molar-refractivity contribution in [3.05, 3.63) is 18.5 Å². The number of thioether (sulfide) groups is 1. The van der Waals surface area contributed by atoms with Gasteiger partial charge in [0.05, 0.1) is 5.88 Å². The molecule has 2 fully saturated rings. The Kier molecular flexibility index (Phi) is 5.59. The van der Waals surface area contributed by atoms with Gasteiger partial charge in [-0.15, -0.1) is 11.8 Å². The first-order valence-corrected chi connectivity index (χ1v) is 9.54. The van der Waals surface area contributed by atoms with Gasteiger partial charge in [-0.05, 0) is 25.3 Å². The van der Waals surface area contributed by atoms with Crippen LogP contribution in [-0.2, 0) is 16.1 Å². The molecule has 1 atom stereocenters. The summed E-state index contributed by atoms with van der Waals surface area (Å²) < 4.78 is 1.85. The number of nitrogens with one attached hydrogen (secondary N) is 1. The van der Waals surface area contributed by atoms with Gasteiger partial charge in [0.2, 0.25) is 11.8 Å². The van der Waals surface area contributed by atoms with Gasteiger partial charge in [0.1, 0.15) is 6.04 Å². The Labute approximate surface area is 141 Å². The molecule has 1 aromatic rings. The number of hydrogen-bond donors (Lipinski definition) is 1. The second kappa shape index (κ2) is 7.86. The maximum atomic E-state index is 12.6. The SMILES string of the molecule is O=C(NCCCn1cccn1)[C@H]1CSCN1C(=O)C1CCCC1. The quantitative estimate of drug-likeness (QED) is 0.799. The van der Waals surface area contributed by atoms with E-state index < -0.39 is 0 Å². The molecule has 0 spiro atoms. The van der Waals surface area contributed by atoms with Gasteiger partial charge in [0.15, 0.2) is 0 Å². The van der Waals surface area contributed by atoms with Crippen LogP contribution in [0, 0.1) is 5.92 Å². The lowest BCUT2D eigenvalue weighted by atomic mass is 10.1. The van der Waals surface area contributed by atoms with Gasteiger partial charge in [-0.1, -0.05) is 12.8 Å². The van der Waals surface area contributed by atoms with Crippen molar-refractivity contribution in [2.24, 2.45) is 5.92 Å². The van der Waals surface area contributed by atoms with Crippen molar-refractivity contribution in [2.75, 3.05) is 18.2 Å². The molecule has 0 radical (unpaired) electrons. The number of aromatic nitrogens is 2. The highest BCUT2D eigenvalue weighted by atomic mass is 32.2. The minimum absolute atomic E-state index is 0.0122. The zero-order valence-electron chi connectivity index (χ0n) is 13.3. The summed E-state index contributed by atoms with van der Waals surface area (Å²) in [6.45, 7) is 1.41. The van der Waals surface area contributed by atoms with Gasteiger partial charge in [-0.3, -0.25) is 14.3 Å². The van der Waals surface area contributed by atoms with E-state index in [2.05, 4.69) is 10.4 Å². The maximum Gasteiger partial charge on any atom is 0.243 e. The molecule has 0 aromatic carbocycles. The fourth-order valence-corrected chi connectivity index (χ4v) is 4.45. The van der Waals surface area contributed by atoms with Crippen LogP contribution in [0.15, 0.2) is 18.5 Å². The van der Waals surface area contributed by atoms with Crippen molar-refractivity contribution in [3.63, 3.8) is 0 Å². The van der Waals surface area contributed by atoms with Crippen molar-refractivity contribution in [2.45, 2.75) is 44.7 Å². The van der Waals surface area contributed by atoms with Crippen LogP contribution in [0.3, 0.4) is 0 Å². The van der Waals surface area contributed by atoms with Crippen molar-refractivity contribution >= 4 is 23.6 Å². The molecule has 3 rings (SSSR count). The Bertz CT molecular complexity index is 528. The third-order valence-electron chi connectivity index (χ3n) is 4.59. The molecule has 0 unspecified atom stereocenters. The fourth-order valence-electron chi connectivity index (χ4n) is 3.29. The topological polar surface area (TPSA) is 67.2 Å². The minimum Gasteiger partial charge on any atom is -0.354 e. The third kappa shape index (κ3) is 4.07. The summed E-state index contributed by atoms with van der Waals surface area (Å²) in [5, 5.41) is 7.11. The summed E-state index contributed by atoms with van der Waals surface area (Å²) in [7, 11) is 0. The summed E-state index contributed by atoms with van der Waals surface area (Å²) in [4.78, 5) is 26.8. The fraction of sp³-hybridized carbons (Fsp3) is 0.688. The molecule has 1 saturated heterocycles. The molecule has 2 heterocycles. The van der Waals surface area contributed by atoms with E-state index in [1.807, 2.05) is 16.9 Å². The van der Waals surface area contributed by atoms with Crippen molar-refractivity contribution in [3.8, 4) is 0 Å². The summed E-state index contributed by atoms with van der Waals surface area (Å²) in [5.74, 6) is 1.68. The van der Waals surface area contributed by atoms with E-state index in [1.54, 1.807) is 22.9 Å². The van der Waals surface area contributed by atoms with Gasteiger partial charge < -0.3 is 10.2 Å². The third-order valence-corrected chi connectivity index (χ3v) is 5.61. The van der Waals surface area contributed by atoms with Gasteiger partial charge in [0, 0.05) is 37.2 Å². The van der Waals surface area contributed by atoms with Crippen LogP contribution in [0.1, 0.15) is 32.1 Å². The predicted octanol–water partition coefficient (Wildman–Crippen LogP) is 1.48. The average Bonchev–Trinajstić information content (AvgIpc) is 3.33. The van der Waals surface area contributed by atoms with Gasteiger partial charge in [-0.2, -0.15) is 5.10 Å². The molecule has 1 saturated carbocycles. The largest absolute Gasteiger partial charge is 0.354 e. The van der Waals surface area contributed by atoms with Crippen LogP contribution in [-0.4, -0.2) is 50.7 Å². The molecule has 1 N–H and O–H groups in total. The molecular formula is C16H24N4O2S. The lowest BCUT2D eigenvalue weighted by Gasteiger charge is -2.25. The van der Waals surface area contributed by atoms with Crippen LogP contribution < -0.4 is 5.32 Å². The zero-order chi connectivity index (χ0) is 16.1. The van der Waals surface area contributed by atoms with Crippen LogP contribution in [0.4, 0.5) is 0 Å². The Morgan fingerprint density at radius 2 is 2.13 bits per heavy atom. The number of carbonyl (C=O) groups excluding carboxylic acids is 2. The molecule has 1 aliphatic carbocycles. The van der Waals surface area contributed by atoms with E-state index in [0.29, 0.717) is 18.2 Å². The molecule has 2 aliphatic rings. The first kappa shape index (κ1) is 16.4. The number of nitrogens with zero attached hydrogens (tertiary/aromatic N) is 3. The Morgan fingerprint density at radius 1 is 1.30 bits per heavy atom. The van der Waals surface area contributed by atoms with Crippen molar-refractivity contribution in [1.82, 2.24) is 20.0 Å². The summed E-state index contributed by atoms with van der Waals surface area (Å²) in [5.41, 5.74) is 0. The molecule has 23 heavy (non-hydrogen) atoms. The first-order chi connectivity index (χ1) is 11.3. The van der Waals surface area contributed by atoms with E-state index in [9.17, 15) is 9.59 Å². The van der Waals surface area contributed by atoms with Crippen molar-refractivity contribution < 1.29 is 9.59 Å². The zero-order valence-corrected chi connectivity index (χ0v) is 14.1. The number of hydrogen-bond acceptors (Lipinski definition) is 4. The maximum absolute atomic E-state index is 12.6. The van der Waals surface area contributed by atoms with Crippen LogP contribution >= 0.6 is 11.8 Å². The second-order valence-corrected chi connectivity index (χ2v) is 7.22. The van der Waals surface area contributed by atoms with Crippen molar-refractivity contribution in [1.29, 1.82) is 0 Å². The predicted molar refractivity (Wildman–Crippen MR) is 89.8 cm³/mol. The number of carbonyl (C=O) groups is 2. The number of amides is 2. The molecule has 7 heteroatoms. The van der Waals surface area contributed by atoms with E-state index in [-0.39, 0.29) is 23.8 Å². The lowest BCUT2D eigenvalue weighted by molar-refractivity contribution is -0.141. The smallest absolute Gasteiger partial charge is 0.243 e. The van der Waals surface area contributed by atoms with E-state index in [1.165, 1.54) is 0 Å². The standard InChI is InChI=1S/C16H24N4O2S/c21-15(17-7-3-9-19-10-4-8-18-19)14-11-23-12-20(14)16(22)13-5-1-2-6-13/h4,8,10,13-14H,1-3,5-7,9,11-12H2,(H,17,21)/t14-/m1/s1. The molecular weight excluding hydrogens is 312 g/mol. The summed E-state index contributed by atoms with van der Waals surface area (Å²) in [6, 6.07) is 1.60. The molecule has 1 aliphatic heterocycles. The Morgan fingerprint density at radius 3 is 2.87 bits per heavy atom. The lowest BCUT2D eigenvalue weighted by Crippen LogP contribution is -2.49. The van der Waals surface area contributed by atoms with Gasteiger partial charge in [0.25, 0.3) is 0 Å². The molecule has 0 bridgehead atoms. The van der Waals surface area contributed by atoms with E-state index in [0.717, 1.165) is 38.6 Å². The minimum atomic E-state index is -0.294. The monoisotopic (exact) mass is 336 g/mol. The summed E-state index contributed by atoms with van der Waals surface area (Å²) >= 11 is 1.67. The van der Waals surface area contributed by atoms with E-state index in [4.69, 9.17) is 0 Å². The molecule has 2 amide bonds. The van der Waals surface area contributed by atoms with E-state index >= 15 is 0 Å². The summed E-state index contributed by atoms with van der Waals surface area (Å²) in [6.07, 6.45) is 8.75.